The molecule has 0 saturated carbocycles. The molecular formula is C16H25N3O4S. The van der Waals surface area contributed by atoms with Crippen molar-refractivity contribution in [3.63, 3.8) is 0 Å². The van der Waals surface area contributed by atoms with Gasteiger partial charge >= 0.3 is 5.97 Å². The summed E-state index contributed by atoms with van der Waals surface area (Å²) in [4.78, 5) is 37.1. The van der Waals surface area contributed by atoms with E-state index in [2.05, 4.69) is 10.6 Å². The molecular weight excluding hydrogens is 330 g/mol. The molecule has 8 heteroatoms. The van der Waals surface area contributed by atoms with Gasteiger partial charge in [-0.25, -0.2) is 0 Å². The predicted molar refractivity (Wildman–Crippen MR) is 94.5 cm³/mol. The van der Waals surface area contributed by atoms with Crippen molar-refractivity contribution in [1.82, 2.24) is 10.2 Å². The van der Waals surface area contributed by atoms with Gasteiger partial charge in [0.15, 0.2) is 0 Å². The van der Waals surface area contributed by atoms with Crippen LogP contribution in [0.1, 0.15) is 29.9 Å². The van der Waals surface area contributed by atoms with E-state index in [1.54, 1.807) is 0 Å². The lowest BCUT2D eigenvalue weighted by Gasteiger charge is -2.25. The Labute approximate surface area is 146 Å². The summed E-state index contributed by atoms with van der Waals surface area (Å²) in [5.74, 6) is -1.47. The van der Waals surface area contributed by atoms with Gasteiger partial charge in [0.25, 0.3) is 0 Å². The Kier molecular flexibility index (Phi) is 7.37. The third kappa shape index (κ3) is 5.61. The summed E-state index contributed by atoms with van der Waals surface area (Å²) in [7, 11) is 0. The molecule has 0 aliphatic rings. The van der Waals surface area contributed by atoms with E-state index in [0.717, 1.165) is 21.0 Å². The number of carbonyl (C=O) groups is 3. The van der Waals surface area contributed by atoms with Gasteiger partial charge in [0, 0.05) is 24.9 Å². The first-order valence-electron chi connectivity index (χ1n) is 7.71. The van der Waals surface area contributed by atoms with Crippen molar-refractivity contribution in [3.8, 4) is 0 Å². The maximum atomic E-state index is 12.3. The molecule has 0 aliphatic carbocycles. The van der Waals surface area contributed by atoms with E-state index in [9.17, 15) is 19.5 Å². The van der Waals surface area contributed by atoms with Gasteiger partial charge < -0.3 is 15.7 Å². The summed E-state index contributed by atoms with van der Waals surface area (Å²) < 4.78 is 0. The summed E-state index contributed by atoms with van der Waals surface area (Å²) in [5, 5.41) is 15.4. The lowest BCUT2D eigenvalue weighted by molar-refractivity contribution is -0.142. The fraction of sp³-hybridized carbons (Fsp3) is 0.562. The molecule has 0 radical (unpaired) electrons. The van der Waals surface area contributed by atoms with Crippen LogP contribution in [-0.2, 0) is 14.4 Å². The van der Waals surface area contributed by atoms with E-state index in [-0.39, 0.29) is 31.4 Å². The van der Waals surface area contributed by atoms with Crippen LogP contribution in [0, 0.1) is 20.8 Å². The number of carbonyl (C=O) groups excluding carboxylic acids is 2. The fourth-order valence-electron chi connectivity index (χ4n) is 2.15. The average Bonchev–Trinajstić information content (AvgIpc) is 2.72. The number of amides is 2. The topological polar surface area (TPSA) is 98.7 Å². The molecule has 1 unspecified atom stereocenters. The van der Waals surface area contributed by atoms with E-state index in [0.29, 0.717) is 0 Å². The number of hydrogen-bond donors (Lipinski definition) is 3. The number of carboxylic acid groups (broad SMARTS) is 1. The second kappa shape index (κ2) is 8.79. The first kappa shape index (κ1) is 20.1. The van der Waals surface area contributed by atoms with Crippen LogP contribution >= 0.6 is 11.3 Å². The molecule has 7 nitrogen and oxygen atoms in total. The smallest absolute Gasteiger partial charge is 0.320 e. The first-order chi connectivity index (χ1) is 11.1. The van der Waals surface area contributed by atoms with Crippen molar-refractivity contribution in [2.75, 3.05) is 25.0 Å². The molecule has 1 rings (SSSR count). The van der Waals surface area contributed by atoms with Gasteiger partial charge in [-0.15, -0.1) is 11.3 Å². The molecule has 1 aromatic heterocycles. The monoisotopic (exact) mass is 355 g/mol. The number of hydrogen-bond acceptors (Lipinski definition) is 5. The van der Waals surface area contributed by atoms with Gasteiger partial charge in [-0.05, 0) is 38.8 Å². The largest absolute Gasteiger partial charge is 0.480 e. The molecule has 3 N–H and O–H groups in total. The number of rotatable bonds is 8. The highest BCUT2D eigenvalue weighted by Crippen LogP contribution is 2.31. The average molecular weight is 355 g/mol. The molecule has 0 fully saturated rings. The van der Waals surface area contributed by atoms with Crippen molar-refractivity contribution in [2.24, 2.45) is 0 Å². The number of nitrogens with one attached hydrogen (secondary N) is 2. The molecule has 0 bridgehead atoms. The van der Waals surface area contributed by atoms with E-state index < -0.39 is 12.0 Å². The Morgan fingerprint density at radius 1 is 1.21 bits per heavy atom. The Balaban J connectivity index is 2.73. The van der Waals surface area contributed by atoms with E-state index in [1.165, 1.54) is 30.1 Å². The van der Waals surface area contributed by atoms with Gasteiger partial charge in [-0.2, -0.15) is 0 Å². The van der Waals surface area contributed by atoms with Crippen molar-refractivity contribution in [2.45, 2.75) is 40.7 Å². The molecule has 0 aromatic carbocycles. The number of aryl methyl sites for hydroxylation is 1. The van der Waals surface area contributed by atoms with Crippen LogP contribution in [0.2, 0.25) is 0 Å². The SMILES string of the molecule is CC(=O)NCCN(CC(=O)Nc1sc(C)c(C)c1C)C(C)C(=O)O. The van der Waals surface area contributed by atoms with Crippen LogP contribution in [0.4, 0.5) is 5.00 Å². The normalized spacial score (nSPS) is 12.1. The van der Waals surface area contributed by atoms with Gasteiger partial charge in [-0.1, -0.05) is 0 Å². The number of carboxylic acids is 1. The van der Waals surface area contributed by atoms with E-state index in [1.807, 2.05) is 20.8 Å². The molecule has 1 atom stereocenters. The molecule has 1 heterocycles. The van der Waals surface area contributed by atoms with Gasteiger partial charge in [-0.3, -0.25) is 19.3 Å². The van der Waals surface area contributed by atoms with Gasteiger partial charge in [0.2, 0.25) is 11.8 Å². The first-order valence-corrected chi connectivity index (χ1v) is 8.52. The molecule has 134 valence electrons. The fourth-order valence-corrected chi connectivity index (χ4v) is 3.24. The second-order valence-electron chi connectivity index (χ2n) is 5.75. The maximum Gasteiger partial charge on any atom is 0.320 e. The molecule has 0 spiro atoms. The highest BCUT2D eigenvalue weighted by Gasteiger charge is 2.23. The summed E-state index contributed by atoms with van der Waals surface area (Å²) in [5.41, 5.74) is 2.18. The highest BCUT2D eigenvalue weighted by atomic mass is 32.1. The number of aliphatic carboxylic acids is 1. The minimum atomic E-state index is -1.01. The summed E-state index contributed by atoms with van der Waals surface area (Å²) >= 11 is 1.51. The number of anilines is 1. The minimum Gasteiger partial charge on any atom is -0.480 e. The van der Waals surface area contributed by atoms with E-state index >= 15 is 0 Å². The Hall–Kier alpha value is -1.93. The summed E-state index contributed by atoms with van der Waals surface area (Å²) in [6, 6.07) is -0.822. The Bertz CT molecular complexity index is 627. The Morgan fingerprint density at radius 2 is 1.83 bits per heavy atom. The standard InChI is InChI=1S/C16H25N3O4S/c1-9-10(2)15(24-12(9)4)18-14(21)8-19(11(3)16(22)23)7-6-17-13(5)20/h11H,6-8H2,1-5H3,(H,17,20)(H,18,21)(H,22,23). The molecule has 1 aromatic rings. The van der Waals surface area contributed by atoms with Crippen LogP contribution < -0.4 is 10.6 Å². The third-order valence-corrected chi connectivity index (χ3v) is 5.19. The Morgan fingerprint density at radius 3 is 2.29 bits per heavy atom. The van der Waals surface area contributed by atoms with Crippen molar-refractivity contribution < 1.29 is 19.5 Å². The van der Waals surface area contributed by atoms with Crippen molar-refractivity contribution in [1.29, 1.82) is 0 Å². The lowest BCUT2D eigenvalue weighted by Crippen LogP contribution is -2.46. The lowest BCUT2D eigenvalue weighted by atomic mass is 10.2. The quantitative estimate of drug-likeness (QED) is 0.657. The molecule has 0 aliphatic heterocycles. The zero-order valence-electron chi connectivity index (χ0n) is 14.7. The maximum absolute atomic E-state index is 12.3. The van der Waals surface area contributed by atoms with Crippen LogP contribution in [0.15, 0.2) is 0 Å². The van der Waals surface area contributed by atoms with Crippen LogP contribution in [0.5, 0.6) is 0 Å². The zero-order chi connectivity index (χ0) is 18.4. The molecule has 24 heavy (non-hydrogen) atoms. The van der Waals surface area contributed by atoms with Crippen LogP contribution in [0.3, 0.4) is 0 Å². The number of nitrogens with zero attached hydrogens (tertiary/aromatic N) is 1. The van der Waals surface area contributed by atoms with Crippen LogP contribution in [-0.4, -0.2) is 53.5 Å². The van der Waals surface area contributed by atoms with Gasteiger partial charge in [0.1, 0.15) is 6.04 Å². The number of thiophene rings is 1. The zero-order valence-corrected chi connectivity index (χ0v) is 15.5. The van der Waals surface area contributed by atoms with Gasteiger partial charge in [0.05, 0.1) is 11.5 Å². The third-order valence-electron chi connectivity index (χ3n) is 3.96. The summed E-state index contributed by atoms with van der Waals surface area (Å²) in [6.07, 6.45) is 0. The van der Waals surface area contributed by atoms with Crippen molar-refractivity contribution >= 4 is 34.1 Å². The van der Waals surface area contributed by atoms with E-state index in [4.69, 9.17) is 0 Å². The van der Waals surface area contributed by atoms with Crippen LogP contribution in [0.25, 0.3) is 0 Å². The second-order valence-corrected chi connectivity index (χ2v) is 6.98. The minimum absolute atomic E-state index is 0.0531. The molecule has 0 saturated heterocycles. The summed E-state index contributed by atoms with van der Waals surface area (Å²) in [6.45, 7) is 9.37. The predicted octanol–water partition coefficient (Wildman–Crippen LogP) is 1.52. The van der Waals surface area contributed by atoms with Crippen molar-refractivity contribution in [3.05, 3.63) is 16.0 Å². The molecule has 2 amide bonds. The highest BCUT2D eigenvalue weighted by molar-refractivity contribution is 7.16.